The first kappa shape index (κ1) is 8.25. The van der Waals surface area contributed by atoms with Crippen molar-refractivity contribution in [1.29, 1.82) is 0 Å². The Morgan fingerprint density at radius 2 is 2.27 bits per heavy atom. The van der Waals surface area contributed by atoms with Crippen molar-refractivity contribution in [3.8, 4) is 5.75 Å². The van der Waals surface area contributed by atoms with Crippen molar-refractivity contribution in [2.75, 3.05) is 7.04 Å². The van der Waals surface area contributed by atoms with Crippen LogP contribution in [-0.4, -0.2) is 19.1 Å². The number of hydrogen-bond donors (Lipinski definition) is 0. The zero-order valence-electron chi connectivity index (χ0n) is 10.8. The van der Waals surface area contributed by atoms with Crippen LogP contribution < -0.4 is 4.74 Å². The minimum Gasteiger partial charge on any atom is -0.477 e. The second-order valence-electron chi connectivity index (χ2n) is 2.76. The molecular weight excluding hydrogens is 239 g/mol. The first-order chi connectivity index (χ1) is 8.19. The van der Waals surface area contributed by atoms with Crippen molar-refractivity contribution < 1.29 is 18.4 Å². The van der Waals surface area contributed by atoms with E-state index >= 15 is 0 Å². The number of halogens is 2. The molecule has 0 N–H and O–H groups in total. The van der Waals surface area contributed by atoms with E-state index in [2.05, 4.69) is 4.74 Å². The molecule has 0 saturated heterocycles. The molecule has 0 radical (unpaired) electrons. The fourth-order valence-electron chi connectivity index (χ4n) is 0.892. The Morgan fingerprint density at radius 1 is 1.53 bits per heavy atom. The summed E-state index contributed by atoms with van der Waals surface area (Å²) >= 11 is 11.5. The van der Waals surface area contributed by atoms with Crippen LogP contribution in [0.15, 0.2) is 18.2 Å². The van der Waals surface area contributed by atoms with Crippen LogP contribution in [0.25, 0.3) is 0 Å². The van der Waals surface area contributed by atoms with Gasteiger partial charge in [0, 0.05) is 5.02 Å². The van der Waals surface area contributed by atoms with Gasteiger partial charge < -0.3 is 9.47 Å². The maximum Gasteiger partial charge on any atom is 0.346 e. The van der Waals surface area contributed by atoms with Gasteiger partial charge in [-0.3, -0.25) is 0 Å². The van der Waals surface area contributed by atoms with Crippen molar-refractivity contribution in [2.24, 2.45) is 0 Å². The minimum atomic E-state index is -2.79. The van der Waals surface area contributed by atoms with E-state index < -0.39 is 19.1 Å². The summed E-state index contributed by atoms with van der Waals surface area (Å²) in [5, 5.41) is 0.640. The Kier molecular flexibility index (Phi) is 2.88. The van der Waals surface area contributed by atoms with Crippen LogP contribution in [0.4, 0.5) is 0 Å². The fraction of sp³-hybridized carbons (Fsp3) is 0.300. The highest BCUT2D eigenvalue weighted by molar-refractivity contribution is 6.35. The highest BCUT2D eigenvalue weighted by Gasteiger charge is 2.16. The molecule has 0 aliphatic heterocycles. The summed E-state index contributed by atoms with van der Waals surface area (Å²) in [6, 6.07) is 4.45. The highest BCUT2D eigenvalue weighted by atomic mass is 35.5. The summed E-state index contributed by atoms with van der Waals surface area (Å²) in [4.78, 5) is 11.4. The lowest BCUT2D eigenvalue weighted by molar-refractivity contribution is -0.147. The van der Waals surface area contributed by atoms with Gasteiger partial charge in [0.25, 0.3) is 0 Å². The Labute approximate surface area is 102 Å². The highest BCUT2D eigenvalue weighted by Crippen LogP contribution is 2.28. The number of esters is 1. The van der Waals surface area contributed by atoms with E-state index in [0.717, 1.165) is 0 Å². The number of benzene rings is 1. The van der Waals surface area contributed by atoms with Gasteiger partial charge in [-0.15, -0.1) is 0 Å². The molecule has 1 atom stereocenters. The van der Waals surface area contributed by atoms with Gasteiger partial charge >= 0.3 is 5.97 Å². The maximum atomic E-state index is 11.4. The van der Waals surface area contributed by atoms with Crippen LogP contribution in [0.3, 0.4) is 0 Å². The Balaban J connectivity index is 2.69. The average Bonchev–Trinajstić information content (AvgIpc) is 2.19. The molecule has 0 amide bonds. The molecule has 1 aromatic rings. The predicted octanol–water partition coefficient (Wildman–Crippen LogP) is 2.93. The van der Waals surface area contributed by atoms with E-state index in [1.807, 2.05) is 0 Å². The molecule has 1 aromatic carbocycles. The molecule has 0 aromatic heterocycles. The third kappa shape index (κ3) is 3.29. The van der Waals surface area contributed by atoms with Crippen LogP contribution in [0.5, 0.6) is 5.75 Å². The van der Waals surface area contributed by atoms with Gasteiger partial charge in [0.1, 0.15) is 5.75 Å². The van der Waals surface area contributed by atoms with Gasteiger partial charge in [0.2, 0.25) is 0 Å². The average molecular weight is 252 g/mol. The zero-order valence-corrected chi connectivity index (χ0v) is 9.30. The summed E-state index contributed by atoms with van der Waals surface area (Å²) in [7, 11) is -2.79. The molecule has 0 spiro atoms. The van der Waals surface area contributed by atoms with Crippen molar-refractivity contribution in [3.05, 3.63) is 28.2 Å². The van der Waals surface area contributed by atoms with Crippen LogP contribution in [-0.2, 0) is 9.53 Å². The summed E-state index contributed by atoms with van der Waals surface area (Å²) < 4.78 is 29.8. The lowest BCUT2D eigenvalue weighted by atomic mass is 10.3. The normalized spacial score (nSPS) is 15.8. The molecule has 1 rings (SSSR count). The molecule has 0 aliphatic rings. The number of carbonyl (C=O) groups excluding carboxylic acids is 1. The third-order valence-electron chi connectivity index (χ3n) is 1.63. The molecule has 0 heterocycles. The van der Waals surface area contributed by atoms with Crippen molar-refractivity contribution in [3.63, 3.8) is 0 Å². The molecule has 0 aliphatic carbocycles. The summed E-state index contributed by atoms with van der Waals surface area (Å²) in [6.45, 7) is 1.36. The van der Waals surface area contributed by atoms with Crippen molar-refractivity contribution >= 4 is 29.2 Å². The topological polar surface area (TPSA) is 35.5 Å². The van der Waals surface area contributed by atoms with Gasteiger partial charge in [-0.05, 0) is 25.1 Å². The Morgan fingerprint density at radius 3 is 2.87 bits per heavy atom. The van der Waals surface area contributed by atoms with Gasteiger partial charge in [-0.1, -0.05) is 23.2 Å². The SMILES string of the molecule is [2H]C([2H])([2H])OC(=O)C(C)Oc1ccc(Cl)cc1Cl. The molecule has 82 valence electrons. The first-order valence-corrected chi connectivity index (χ1v) is 4.79. The van der Waals surface area contributed by atoms with Crippen molar-refractivity contribution in [2.45, 2.75) is 13.0 Å². The molecule has 0 fully saturated rings. The Hall–Kier alpha value is -0.930. The smallest absolute Gasteiger partial charge is 0.346 e. The number of hydrogen-bond acceptors (Lipinski definition) is 3. The standard InChI is InChI=1S/C10H10Cl2O3/c1-6(10(13)14-2)15-9-4-3-7(11)5-8(9)12/h3-6H,1-2H3/i2D3. The second kappa shape index (κ2) is 5.24. The molecule has 1 unspecified atom stereocenters. The van der Waals surface area contributed by atoms with E-state index in [9.17, 15) is 4.79 Å². The summed E-state index contributed by atoms with van der Waals surface area (Å²) in [6.07, 6.45) is -1.09. The van der Waals surface area contributed by atoms with Crippen molar-refractivity contribution in [1.82, 2.24) is 0 Å². The molecule has 0 bridgehead atoms. The van der Waals surface area contributed by atoms with Gasteiger partial charge in [0.05, 0.1) is 16.2 Å². The summed E-state index contributed by atoms with van der Waals surface area (Å²) in [5.41, 5.74) is 0. The van der Waals surface area contributed by atoms with Crippen LogP contribution >= 0.6 is 23.2 Å². The van der Waals surface area contributed by atoms with Gasteiger partial charge in [-0.25, -0.2) is 4.79 Å². The number of ether oxygens (including phenoxy) is 2. The van der Waals surface area contributed by atoms with E-state index in [4.69, 9.17) is 32.1 Å². The first-order valence-electron chi connectivity index (χ1n) is 5.53. The monoisotopic (exact) mass is 251 g/mol. The minimum absolute atomic E-state index is 0.219. The van der Waals surface area contributed by atoms with E-state index in [1.165, 1.54) is 25.1 Å². The van der Waals surface area contributed by atoms with Crippen LogP contribution in [0.1, 0.15) is 11.0 Å². The molecule has 5 heteroatoms. The largest absolute Gasteiger partial charge is 0.477 e. The fourth-order valence-corrected chi connectivity index (χ4v) is 1.35. The van der Waals surface area contributed by atoms with E-state index in [1.54, 1.807) is 0 Å². The van der Waals surface area contributed by atoms with E-state index in [0.29, 0.717) is 5.02 Å². The van der Waals surface area contributed by atoms with Gasteiger partial charge in [-0.2, -0.15) is 0 Å². The number of carbonyl (C=O) groups is 1. The maximum absolute atomic E-state index is 11.4. The lowest BCUT2D eigenvalue weighted by Gasteiger charge is -2.13. The van der Waals surface area contributed by atoms with Crippen LogP contribution in [0.2, 0.25) is 10.0 Å². The number of rotatable bonds is 3. The molecule has 15 heavy (non-hydrogen) atoms. The second-order valence-corrected chi connectivity index (χ2v) is 3.60. The predicted molar refractivity (Wildman–Crippen MR) is 58.6 cm³/mol. The van der Waals surface area contributed by atoms with Gasteiger partial charge in [0.15, 0.2) is 6.10 Å². The molecular formula is C10H10Cl2O3. The van der Waals surface area contributed by atoms with Crippen LogP contribution in [0, 0.1) is 0 Å². The zero-order chi connectivity index (χ0) is 13.9. The molecule has 3 nitrogen and oxygen atoms in total. The molecule has 0 saturated carbocycles. The third-order valence-corrected chi connectivity index (χ3v) is 2.16. The quantitative estimate of drug-likeness (QED) is 0.776. The summed E-state index contributed by atoms with van der Waals surface area (Å²) in [5.74, 6) is -0.780. The Bertz CT molecular complexity index is 448. The number of methoxy groups -OCH3 is 1. The lowest BCUT2D eigenvalue weighted by Crippen LogP contribution is -2.24. The van der Waals surface area contributed by atoms with E-state index in [-0.39, 0.29) is 10.8 Å².